The van der Waals surface area contributed by atoms with Crippen LogP contribution in [0, 0.1) is 11.7 Å². The molecule has 0 spiro atoms. The largest absolute Gasteiger partial charge is 0.497 e. The zero-order valence-electron chi connectivity index (χ0n) is 12.5. The maximum absolute atomic E-state index is 14.1. The predicted molar refractivity (Wildman–Crippen MR) is 78.1 cm³/mol. The number of ether oxygens (including phenoxy) is 1. The molecule has 0 aliphatic carbocycles. The second-order valence-electron chi connectivity index (χ2n) is 4.92. The fourth-order valence-electron chi connectivity index (χ4n) is 2.44. The number of nitrogens with one attached hydrogen (secondary N) is 1. The van der Waals surface area contributed by atoms with Gasteiger partial charge in [-0.25, -0.2) is 4.39 Å². The Balaban J connectivity index is 2.91. The topological polar surface area (TPSA) is 21.3 Å². The number of halogens is 1. The highest BCUT2D eigenvalue weighted by molar-refractivity contribution is 5.30. The van der Waals surface area contributed by atoms with Gasteiger partial charge in [-0.1, -0.05) is 39.7 Å². The van der Waals surface area contributed by atoms with Gasteiger partial charge in [-0.2, -0.15) is 0 Å². The average Bonchev–Trinajstić information content (AvgIpc) is 2.43. The summed E-state index contributed by atoms with van der Waals surface area (Å²) < 4.78 is 19.2. The number of hydrogen-bond acceptors (Lipinski definition) is 2. The fraction of sp³-hybridized carbons (Fsp3) is 0.625. The molecule has 3 heteroatoms. The van der Waals surface area contributed by atoms with Crippen LogP contribution in [0.4, 0.5) is 4.39 Å². The minimum absolute atomic E-state index is 0.0841. The summed E-state index contributed by atoms with van der Waals surface area (Å²) in [5.74, 6) is 1.01. The third-order valence-corrected chi connectivity index (χ3v) is 3.76. The predicted octanol–water partition coefficient (Wildman–Crippen LogP) is 4.31. The van der Waals surface area contributed by atoms with E-state index < -0.39 is 0 Å². The maximum Gasteiger partial charge on any atom is 0.131 e. The first kappa shape index (κ1) is 16.0. The van der Waals surface area contributed by atoms with Gasteiger partial charge in [0.05, 0.1) is 7.11 Å². The van der Waals surface area contributed by atoms with Crippen LogP contribution in [0.5, 0.6) is 5.75 Å². The van der Waals surface area contributed by atoms with E-state index in [1.54, 1.807) is 7.11 Å². The van der Waals surface area contributed by atoms with Gasteiger partial charge >= 0.3 is 0 Å². The third kappa shape index (κ3) is 4.50. The molecule has 0 bridgehead atoms. The minimum Gasteiger partial charge on any atom is -0.497 e. The zero-order chi connectivity index (χ0) is 14.3. The second kappa shape index (κ2) is 8.16. The SMILES string of the molecule is CCNC(CC(CC)CC)c1ccc(OC)cc1F. The summed E-state index contributed by atoms with van der Waals surface area (Å²) in [4.78, 5) is 0. The van der Waals surface area contributed by atoms with Gasteiger partial charge < -0.3 is 10.1 Å². The smallest absolute Gasteiger partial charge is 0.131 e. The quantitative estimate of drug-likeness (QED) is 0.757. The van der Waals surface area contributed by atoms with E-state index in [4.69, 9.17) is 4.74 Å². The van der Waals surface area contributed by atoms with Crippen LogP contribution in [0.3, 0.4) is 0 Å². The van der Waals surface area contributed by atoms with Crippen LogP contribution in [-0.4, -0.2) is 13.7 Å². The lowest BCUT2D eigenvalue weighted by molar-refractivity contribution is 0.366. The van der Waals surface area contributed by atoms with E-state index in [9.17, 15) is 4.39 Å². The molecule has 1 rings (SSSR count). The van der Waals surface area contributed by atoms with E-state index in [0.29, 0.717) is 11.7 Å². The Bertz CT molecular complexity index is 377. The van der Waals surface area contributed by atoms with E-state index in [1.807, 2.05) is 12.1 Å². The highest BCUT2D eigenvalue weighted by Crippen LogP contribution is 2.28. The molecule has 0 aromatic heterocycles. The van der Waals surface area contributed by atoms with E-state index in [0.717, 1.165) is 31.4 Å². The fourth-order valence-corrected chi connectivity index (χ4v) is 2.44. The second-order valence-corrected chi connectivity index (χ2v) is 4.92. The first-order chi connectivity index (χ1) is 9.15. The summed E-state index contributed by atoms with van der Waals surface area (Å²) in [7, 11) is 1.56. The van der Waals surface area contributed by atoms with Crippen LogP contribution in [0.1, 0.15) is 51.6 Å². The molecule has 0 fully saturated rings. The van der Waals surface area contributed by atoms with Crippen molar-refractivity contribution in [2.45, 2.75) is 46.1 Å². The van der Waals surface area contributed by atoms with Gasteiger partial charge in [0, 0.05) is 17.7 Å². The van der Waals surface area contributed by atoms with Gasteiger partial charge in [0.15, 0.2) is 0 Å². The van der Waals surface area contributed by atoms with Crippen LogP contribution in [0.2, 0.25) is 0 Å². The van der Waals surface area contributed by atoms with Crippen molar-refractivity contribution in [2.24, 2.45) is 5.92 Å². The Morgan fingerprint density at radius 3 is 2.37 bits per heavy atom. The highest BCUT2D eigenvalue weighted by Gasteiger charge is 2.18. The minimum atomic E-state index is -0.184. The van der Waals surface area contributed by atoms with Crippen LogP contribution < -0.4 is 10.1 Å². The van der Waals surface area contributed by atoms with Gasteiger partial charge in [0.25, 0.3) is 0 Å². The Kier molecular flexibility index (Phi) is 6.85. The molecule has 0 amide bonds. The van der Waals surface area contributed by atoms with Gasteiger partial charge in [-0.05, 0) is 24.9 Å². The van der Waals surface area contributed by atoms with E-state index in [-0.39, 0.29) is 11.9 Å². The lowest BCUT2D eigenvalue weighted by atomic mass is 9.91. The molecule has 0 saturated heterocycles. The zero-order valence-corrected chi connectivity index (χ0v) is 12.5. The molecule has 1 unspecified atom stereocenters. The molecule has 2 nitrogen and oxygen atoms in total. The van der Waals surface area contributed by atoms with Gasteiger partial charge in [0.2, 0.25) is 0 Å². The van der Waals surface area contributed by atoms with Crippen molar-refractivity contribution in [3.8, 4) is 5.75 Å². The Morgan fingerprint density at radius 1 is 1.21 bits per heavy atom. The molecule has 0 radical (unpaired) electrons. The molecule has 1 aromatic carbocycles. The van der Waals surface area contributed by atoms with Crippen LogP contribution in [0.15, 0.2) is 18.2 Å². The molecule has 0 aliphatic rings. The standard InChI is InChI=1S/C16H26FNO/c1-5-12(6-2)10-16(18-7-3)14-9-8-13(19-4)11-15(14)17/h8-9,11-12,16,18H,5-7,10H2,1-4H3. The Morgan fingerprint density at radius 2 is 1.89 bits per heavy atom. The first-order valence-corrected chi connectivity index (χ1v) is 7.22. The van der Waals surface area contributed by atoms with Crippen molar-refractivity contribution in [1.29, 1.82) is 0 Å². The van der Waals surface area contributed by atoms with Crippen LogP contribution in [0.25, 0.3) is 0 Å². The Labute approximate surface area is 116 Å². The third-order valence-electron chi connectivity index (χ3n) is 3.76. The normalized spacial score (nSPS) is 12.7. The number of hydrogen-bond donors (Lipinski definition) is 1. The van der Waals surface area contributed by atoms with Gasteiger partial charge in [-0.15, -0.1) is 0 Å². The van der Waals surface area contributed by atoms with Crippen molar-refractivity contribution < 1.29 is 9.13 Å². The molecule has 1 aromatic rings. The number of methoxy groups -OCH3 is 1. The highest BCUT2D eigenvalue weighted by atomic mass is 19.1. The summed E-state index contributed by atoms with van der Waals surface area (Å²) in [6, 6.07) is 5.22. The molecule has 0 heterocycles. The summed E-state index contributed by atoms with van der Waals surface area (Å²) in [5.41, 5.74) is 0.745. The molecule has 19 heavy (non-hydrogen) atoms. The van der Waals surface area contributed by atoms with Gasteiger partial charge in [0.1, 0.15) is 11.6 Å². The monoisotopic (exact) mass is 267 g/mol. The molecule has 108 valence electrons. The number of rotatable bonds is 8. The Hall–Kier alpha value is -1.09. The van der Waals surface area contributed by atoms with E-state index in [1.165, 1.54) is 6.07 Å². The maximum atomic E-state index is 14.1. The van der Waals surface area contributed by atoms with Crippen LogP contribution in [-0.2, 0) is 0 Å². The molecule has 0 aliphatic heterocycles. The van der Waals surface area contributed by atoms with E-state index >= 15 is 0 Å². The number of benzene rings is 1. The van der Waals surface area contributed by atoms with Crippen molar-refractivity contribution in [3.63, 3.8) is 0 Å². The van der Waals surface area contributed by atoms with E-state index in [2.05, 4.69) is 26.1 Å². The summed E-state index contributed by atoms with van der Waals surface area (Å²) in [6.07, 6.45) is 3.25. The van der Waals surface area contributed by atoms with Gasteiger partial charge in [-0.3, -0.25) is 0 Å². The molecule has 1 atom stereocenters. The average molecular weight is 267 g/mol. The molecular weight excluding hydrogens is 241 g/mol. The van der Waals surface area contributed by atoms with Crippen molar-refractivity contribution in [3.05, 3.63) is 29.6 Å². The van der Waals surface area contributed by atoms with Crippen molar-refractivity contribution in [2.75, 3.05) is 13.7 Å². The lowest BCUT2D eigenvalue weighted by Gasteiger charge is -2.23. The lowest BCUT2D eigenvalue weighted by Crippen LogP contribution is -2.24. The summed E-state index contributed by atoms with van der Waals surface area (Å²) in [5, 5.41) is 3.40. The molecule has 0 saturated carbocycles. The molecule has 1 N–H and O–H groups in total. The van der Waals surface area contributed by atoms with Crippen molar-refractivity contribution >= 4 is 0 Å². The van der Waals surface area contributed by atoms with Crippen LogP contribution >= 0.6 is 0 Å². The summed E-state index contributed by atoms with van der Waals surface area (Å²) >= 11 is 0. The van der Waals surface area contributed by atoms with Crippen molar-refractivity contribution in [1.82, 2.24) is 5.32 Å². The molecular formula is C16H26FNO. The first-order valence-electron chi connectivity index (χ1n) is 7.22. The summed E-state index contributed by atoms with van der Waals surface area (Å²) in [6.45, 7) is 7.29.